The van der Waals surface area contributed by atoms with Crippen molar-refractivity contribution in [3.8, 4) is 5.75 Å². The summed E-state index contributed by atoms with van der Waals surface area (Å²) >= 11 is 3.24. The molecular formula is C17H15BrFNO4. The van der Waals surface area contributed by atoms with Crippen LogP contribution in [-0.2, 0) is 9.53 Å². The Hall–Kier alpha value is -2.41. The lowest BCUT2D eigenvalue weighted by molar-refractivity contribution is -0.119. The maximum Gasteiger partial charge on any atom is 0.339 e. The predicted molar refractivity (Wildman–Crippen MR) is 90.7 cm³/mol. The number of hydrogen-bond donors (Lipinski definition) is 1. The molecule has 1 amide bonds. The van der Waals surface area contributed by atoms with E-state index in [-0.39, 0.29) is 5.56 Å². The van der Waals surface area contributed by atoms with Crippen LogP contribution in [0.4, 0.5) is 10.1 Å². The molecule has 0 aliphatic heterocycles. The number of hydrogen-bond acceptors (Lipinski definition) is 4. The number of methoxy groups -OCH3 is 1. The lowest BCUT2D eigenvalue weighted by Gasteiger charge is -2.09. The molecule has 1 N–H and O–H groups in total. The minimum atomic E-state index is -0.675. The standard InChI is InChI=1S/C17H15BrFNO4/c1-10-3-4-11(7-15(10)19)20-16(21)9-24-17(22)13-8-12(23-2)5-6-14(13)18/h3-8H,9H2,1-2H3,(H,20,21). The first-order valence-corrected chi connectivity index (χ1v) is 7.76. The third-order valence-electron chi connectivity index (χ3n) is 3.18. The highest BCUT2D eigenvalue weighted by molar-refractivity contribution is 9.10. The van der Waals surface area contributed by atoms with Crippen LogP contribution in [0, 0.1) is 12.7 Å². The summed E-state index contributed by atoms with van der Waals surface area (Å²) in [6.07, 6.45) is 0. The van der Waals surface area contributed by atoms with Crippen LogP contribution in [0.1, 0.15) is 15.9 Å². The van der Waals surface area contributed by atoms with Gasteiger partial charge in [-0.05, 0) is 58.7 Å². The van der Waals surface area contributed by atoms with Crippen LogP contribution in [0.3, 0.4) is 0 Å². The van der Waals surface area contributed by atoms with Crippen LogP contribution < -0.4 is 10.1 Å². The number of esters is 1. The van der Waals surface area contributed by atoms with Gasteiger partial charge in [0.05, 0.1) is 12.7 Å². The quantitative estimate of drug-likeness (QED) is 0.783. The summed E-state index contributed by atoms with van der Waals surface area (Å²) in [4.78, 5) is 23.8. The van der Waals surface area contributed by atoms with Gasteiger partial charge < -0.3 is 14.8 Å². The van der Waals surface area contributed by atoms with Crippen molar-refractivity contribution in [2.45, 2.75) is 6.92 Å². The Balaban J connectivity index is 1.96. The Labute approximate surface area is 146 Å². The molecule has 7 heteroatoms. The lowest BCUT2D eigenvalue weighted by Crippen LogP contribution is -2.21. The van der Waals surface area contributed by atoms with Gasteiger partial charge in [-0.15, -0.1) is 0 Å². The molecule has 0 spiro atoms. The highest BCUT2D eigenvalue weighted by atomic mass is 79.9. The SMILES string of the molecule is COc1ccc(Br)c(C(=O)OCC(=O)Nc2ccc(C)c(F)c2)c1. The number of ether oxygens (including phenoxy) is 2. The molecule has 0 unspecified atom stereocenters. The number of aryl methyl sites for hydroxylation is 1. The Bertz CT molecular complexity index is 779. The largest absolute Gasteiger partial charge is 0.497 e. The van der Waals surface area contributed by atoms with E-state index >= 15 is 0 Å². The lowest BCUT2D eigenvalue weighted by atomic mass is 10.2. The average molecular weight is 396 g/mol. The molecule has 0 saturated carbocycles. The zero-order valence-electron chi connectivity index (χ0n) is 13.1. The molecule has 0 atom stereocenters. The number of carbonyl (C=O) groups is 2. The Morgan fingerprint density at radius 3 is 2.62 bits per heavy atom. The van der Waals surface area contributed by atoms with E-state index in [4.69, 9.17) is 9.47 Å². The van der Waals surface area contributed by atoms with Crippen molar-refractivity contribution in [1.29, 1.82) is 0 Å². The van der Waals surface area contributed by atoms with E-state index in [9.17, 15) is 14.0 Å². The molecule has 0 radical (unpaired) electrons. The van der Waals surface area contributed by atoms with Crippen LogP contribution in [0.2, 0.25) is 0 Å². The zero-order valence-corrected chi connectivity index (χ0v) is 14.6. The monoisotopic (exact) mass is 395 g/mol. The summed E-state index contributed by atoms with van der Waals surface area (Å²) in [5.74, 6) is -1.17. The van der Waals surface area contributed by atoms with Gasteiger partial charge in [-0.25, -0.2) is 9.18 Å². The molecule has 0 fully saturated rings. The second-order valence-corrected chi connectivity index (χ2v) is 5.79. The minimum Gasteiger partial charge on any atom is -0.497 e. The van der Waals surface area contributed by atoms with Crippen molar-refractivity contribution < 1.29 is 23.5 Å². The van der Waals surface area contributed by atoms with E-state index in [0.717, 1.165) is 0 Å². The van der Waals surface area contributed by atoms with Crippen molar-refractivity contribution in [2.24, 2.45) is 0 Å². The summed E-state index contributed by atoms with van der Waals surface area (Å²) in [7, 11) is 1.48. The molecule has 2 aromatic carbocycles. The first kappa shape index (κ1) is 17.9. The van der Waals surface area contributed by atoms with Gasteiger partial charge in [-0.1, -0.05) is 6.07 Å². The van der Waals surface area contributed by atoms with Crippen LogP contribution in [-0.4, -0.2) is 25.6 Å². The smallest absolute Gasteiger partial charge is 0.339 e. The maximum atomic E-state index is 13.4. The first-order chi connectivity index (χ1) is 11.4. The van der Waals surface area contributed by atoms with Gasteiger partial charge in [0.1, 0.15) is 11.6 Å². The predicted octanol–water partition coefficient (Wildman–Crippen LogP) is 3.70. The summed E-state index contributed by atoms with van der Waals surface area (Å²) in [5, 5.41) is 2.46. The molecule has 126 valence electrons. The molecule has 0 bridgehead atoms. The van der Waals surface area contributed by atoms with E-state index in [2.05, 4.69) is 21.2 Å². The van der Waals surface area contributed by atoms with Crippen LogP contribution in [0.15, 0.2) is 40.9 Å². The number of carbonyl (C=O) groups excluding carboxylic acids is 2. The second-order valence-electron chi connectivity index (χ2n) is 4.93. The molecule has 0 aromatic heterocycles. The fraction of sp³-hybridized carbons (Fsp3) is 0.176. The van der Waals surface area contributed by atoms with Crippen molar-refractivity contribution >= 4 is 33.5 Å². The fourth-order valence-corrected chi connectivity index (χ4v) is 2.27. The van der Waals surface area contributed by atoms with Crippen molar-refractivity contribution in [2.75, 3.05) is 19.0 Å². The zero-order chi connectivity index (χ0) is 17.7. The molecule has 0 aliphatic carbocycles. The van der Waals surface area contributed by atoms with E-state index in [1.165, 1.54) is 19.2 Å². The molecular weight excluding hydrogens is 381 g/mol. The third kappa shape index (κ3) is 4.55. The Morgan fingerprint density at radius 2 is 1.96 bits per heavy atom. The van der Waals surface area contributed by atoms with Gasteiger partial charge in [0, 0.05) is 10.2 Å². The minimum absolute atomic E-state index is 0.239. The number of benzene rings is 2. The van der Waals surface area contributed by atoms with E-state index < -0.39 is 24.3 Å². The number of rotatable bonds is 5. The number of anilines is 1. The summed E-state index contributed by atoms with van der Waals surface area (Å²) in [6.45, 7) is 1.13. The van der Waals surface area contributed by atoms with Gasteiger partial charge in [0.2, 0.25) is 0 Å². The second kappa shape index (κ2) is 7.92. The molecule has 24 heavy (non-hydrogen) atoms. The van der Waals surface area contributed by atoms with Gasteiger partial charge in [-0.3, -0.25) is 4.79 Å². The highest BCUT2D eigenvalue weighted by Gasteiger charge is 2.15. The number of amides is 1. The Morgan fingerprint density at radius 1 is 1.21 bits per heavy atom. The maximum absolute atomic E-state index is 13.4. The first-order valence-electron chi connectivity index (χ1n) is 6.97. The molecule has 2 rings (SSSR count). The van der Waals surface area contributed by atoms with Crippen molar-refractivity contribution in [1.82, 2.24) is 0 Å². The molecule has 2 aromatic rings. The van der Waals surface area contributed by atoms with E-state index in [1.54, 1.807) is 31.2 Å². The van der Waals surface area contributed by atoms with Crippen molar-refractivity contribution in [3.05, 3.63) is 57.8 Å². The van der Waals surface area contributed by atoms with Gasteiger partial charge >= 0.3 is 5.97 Å². The summed E-state index contributed by atoms with van der Waals surface area (Å²) < 4.78 is 24.0. The average Bonchev–Trinajstić information content (AvgIpc) is 2.56. The topological polar surface area (TPSA) is 64.6 Å². The summed E-state index contributed by atoms with van der Waals surface area (Å²) in [5.41, 5.74) is 1.01. The number of nitrogens with one attached hydrogen (secondary N) is 1. The summed E-state index contributed by atoms with van der Waals surface area (Å²) in [6, 6.07) is 9.14. The van der Waals surface area contributed by atoms with Crippen LogP contribution in [0.25, 0.3) is 0 Å². The number of halogens is 2. The Kier molecular flexibility index (Phi) is 5.92. The highest BCUT2D eigenvalue weighted by Crippen LogP contribution is 2.23. The fourth-order valence-electron chi connectivity index (χ4n) is 1.86. The van der Waals surface area contributed by atoms with Crippen LogP contribution >= 0.6 is 15.9 Å². The van der Waals surface area contributed by atoms with Gasteiger partial charge in [0.25, 0.3) is 5.91 Å². The van der Waals surface area contributed by atoms with Crippen LogP contribution in [0.5, 0.6) is 5.75 Å². The van der Waals surface area contributed by atoms with Gasteiger partial charge in [-0.2, -0.15) is 0 Å². The molecule has 0 aliphatic rings. The van der Waals surface area contributed by atoms with Gasteiger partial charge in [0.15, 0.2) is 6.61 Å². The third-order valence-corrected chi connectivity index (χ3v) is 3.87. The molecule has 5 nitrogen and oxygen atoms in total. The van der Waals surface area contributed by atoms with Crippen molar-refractivity contribution in [3.63, 3.8) is 0 Å². The molecule has 0 saturated heterocycles. The van der Waals surface area contributed by atoms with E-state index in [0.29, 0.717) is 21.5 Å². The van der Waals surface area contributed by atoms with E-state index in [1.807, 2.05) is 0 Å². The normalized spacial score (nSPS) is 10.2. The molecule has 0 heterocycles.